The summed E-state index contributed by atoms with van der Waals surface area (Å²) < 4.78 is 0. The first kappa shape index (κ1) is 13.3. The summed E-state index contributed by atoms with van der Waals surface area (Å²) in [5.41, 5.74) is 8.98. The molecule has 3 N–H and O–H groups in total. The van der Waals surface area contributed by atoms with Gasteiger partial charge in [0.2, 0.25) is 0 Å². The van der Waals surface area contributed by atoms with Crippen molar-refractivity contribution in [3.05, 3.63) is 29.3 Å². The van der Waals surface area contributed by atoms with Gasteiger partial charge in [-0.3, -0.25) is 0 Å². The van der Waals surface area contributed by atoms with Crippen molar-refractivity contribution in [2.75, 3.05) is 24.6 Å². The lowest BCUT2D eigenvalue weighted by molar-refractivity contribution is 0.208. The summed E-state index contributed by atoms with van der Waals surface area (Å²) in [6.45, 7) is 4.35. The maximum Gasteiger partial charge on any atom is 0.103 e. The number of hydrogen-bond acceptors (Lipinski definition) is 3. The maximum atomic E-state index is 9.28. The Bertz CT molecular complexity index is 447. The second-order valence-corrected chi connectivity index (χ2v) is 5.44. The molecule has 1 saturated heterocycles. The number of nitrogens with zero attached hydrogens (tertiary/aromatic N) is 1. The van der Waals surface area contributed by atoms with Crippen LogP contribution in [0.5, 0.6) is 0 Å². The predicted octanol–water partition coefficient (Wildman–Crippen LogP) is 1.84. The van der Waals surface area contributed by atoms with Crippen LogP contribution in [-0.4, -0.2) is 29.8 Å². The Kier molecular flexibility index (Phi) is 4.19. The summed E-state index contributed by atoms with van der Waals surface area (Å²) >= 11 is 4.99. The molecule has 0 saturated carbocycles. The molecule has 1 fully saturated rings. The number of thiocarbonyl (C=S) groups is 1. The normalized spacial score (nSPS) is 19.9. The molecule has 98 valence electrons. The number of benzene rings is 1. The van der Waals surface area contributed by atoms with Crippen LogP contribution in [0.2, 0.25) is 0 Å². The van der Waals surface area contributed by atoms with Gasteiger partial charge in [-0.2, -0.15) is 0 Å². The first-order valence-electron chi connectivity index (χ1n) is 6.38. The van der Waals surface area contributed by atoms with Crippen LogP contribution in [0.15, 0.2) is 18.2 Å². The van der Waals surface area contributed by atoms with E-state index in [1.54, 1.807) is 0 Å². The van der Waals surface area contributed by atoms with E-state index in [0.717, 1.165) is 31.5 Å². The third-order valence-electron chi connectivity index (χ3n) is 3.60. The zero-order chi connectivity index (χ0) is 13.1. The van der Waals surface area contributed by atoms with Crippen LogP contribution < -0.4 is 10.6 Å². The highest BCUT2D eigenvalue weighted by atomic mass is 32.1. The third-order valence-corrected chi connectivity index (χ3v) is 3.83. The smallest absolute Gasteiger partial charge is 0.103 e. The Labute approximate surface area is 114 Å². The van der Waals surface area contributed by atoms with Crippen molar-refractivity contribution in [3.63, 3.8) is 0 Å². The van der Waals surface area contributed by atoms with Gasteiger partial charge in [-0.1, -0.05) is 12.2 Å². The zero-order valence-electron chi connectivity index (χ0n) is 10.7. The molecule has 0 aliphatic carbocycles. The summed E-state index contributed by atoms with van der Waals surface area (Å²) in [5.74, 6) is 0.397. The first-order valence-corrected chi connectivity index (χ1v) is 6.79. The zero-order valence-corrected chi connectivity index (χ0v) is 11.5. The van der Waals surface area contributed by atoms with Crippen molar-refractivity contribution in [3.8, 4) is 0 Å². The molecule has 1 heterocycles. The van der Waals surface area contributed by atoms with Gasteiger partial charge in [-0.25, -0.2) is 0 Å². The molecule has 0 bridgehead atoms. The van der Waals surface area contributed by atoms with Crippen LogP contribution in [0.25, 0.3) is 0 Å². The van der Waals surface area contributed by atoms with Gasteiger partial charge >= 0.3 is 0 Å². The van der Waals surface area contributed by atoms with Gasteiger partial charge in [-0.05, 0) is 49.4 Å². The molecule has 0 amide bonds. The molecule has 1 aliphatic rings. The van der Waals surface area contributed by atoms with Crippen LogP contribution in [0.3, 0.4) is 0 Å². The number of aliphatic hydroxyl groups excluding tert-OH is 1. The molecular weight excluding hydrogens is 244 g/mol. The molecule has 0 aromatic heterocycles. The molecule has 2 rings (SSSR count). The number of nitrogens with two attached hydrogens (primary N) is 1. The Morgan fingerprint density at radius 3 is 2.94 bits per heavy atom. The van der Waals surface area contributed by atoms with Gasteiger partial charge in [0, 0.05) is 30.9 Å². The lowest BCUT2D eigenvalue weighted by Gasteiger charge is -2.34. The van der Waals surface area contributed by atoms with Gasteiger partial charge in [0.25, 0.3) is 0 Å². The summed E-state index contributed by atoms with van der Waals surface area (Å²) in [6, 6.07) is 6.11. The first-order chi connectivity index (χ1) is 8.61. The van der Waals surface area contributed by atoms with E-state index in [-0.39, 0.29) is 6.61 Å². The van der Waals surface area contributed by atoms with Gasteiger partial charge in [0.05, 0.1) is 0 Å². The Morgan fingerprint density at radius 1 is 1.56 bits per heavy atom. The quantitative estimate of drug-likeness (QED) is 0.818. The van der Waals surface area contributed by atoms with Crippen LogP contribution >= 0.6 is 12.2 Å². The maximum absolute atomic E-state index is 9.28. The SMILES string of the molecule is Cc1cc(C(N)=S)ccc1N1CCCC(CO)C1. The molecule has 0 spiro atoms. The number of aliphatic hydroxyl groups is 1. The standard InChI is InChI=1S/C14H20N2OS/c1-10-7-12(14(15)18)4-5-13(10)16-6-2-3-11(8-16)9-17/h4-5,7,11,17H,2-3,6,8-9H2,1H3,(H2,15,18). The van der Waals surface area contributed by atoms with Crippen LogP contribution in [-0.2, 0) is 0 Å². The van der Waals surface area contributed by atoms with E-state index in [9.17, 15) is 5.11 Å². The fourth-order valence-corrected chi connectivity index (χ4v) is 2.72. The van der Waals surface area contributed by atoms with Crippen molar-refractivity contribution in [2.24, 2.45) is 11.7 Å². The van der Waals surface area contributed by atoms with E-state index in [4.69, 9.17) is 18.0 Å². The predicted molar refractivity (Wildman–Crippen MR) is 79.1 cm³/mol. The van der Waals surface area contributed by atoms with Crippen molar-refractivity contribution in [1.29, 1.82) is 0 Å². The van der Waals surface area contributed by atoms with E-state index < -0.39 is 0 Å². The third kappa shape index (κ3) is 2.82. The fraction of sp³-hybridized carbons (Fsp3) is 0.500. The molecule has 1 aromatic carbocycles. The van der Waals surface area contributed by atoms with Gasteiger partial charge in [0.1, 0.15) is 4.99 Å². The van der Waals surface area contributed by atoms with E-state index in [0.29, 0.717) is 10.9 Å². The van der Waals surface area contributed by atoms with Gasteiger partial charge in [-0.15, -0.1) is 0 Å². The van der Waals surface area contributed by atoms with Crippen LogP contribution in [0.1, 0.15) is 24.0 Å². The van der Waals surface area contributed by atoms with E-state index in [1.165, 1.54) is 11.3 Å². The number of hydrogen-bond donors (Lipinski definition) is 2. The van der Waals surface area contributed by atoms with E-state index in [1.807, 2.05) is 12.1 Å². The highest BCUT2D eigenvalue weighted by molar-refractivity contribution is 7.80. The molecule has 3 nitrogen and oxygen atoms in total. The average Bonchev–Trinajstić information content (AvgIpc) is 2.38. The molecular formula is C14H20N2OS. The molecule has 1 aliphatic heterocycles. The van der Waals surface area contributed by atoms with E-state index in [2.05, 4.69) is 17.9 Å². The molecule has 0 radical (unpaired) electrons. The van der Waals surface area contributed by atoms with Gasteiger partial charge < -0.3 is 15.7 Å². The number of aryl methyl sites for hydroxylation is 1. The largest absolute Gasteiger partial charge is 0.396 e. The molecule has 1 unspecified atom stereocenters. The van der Waals surface area contributed by atoms with Crippen molar-refractivity contribution in [1.82, 2.24) is 0 Å². The highest BCUT2D eigenvalue weighted by Gasteiger charge is 2.20. The number of rotatable bonds is 3. The lowest BCUT2D eigenvalue weighted by atomic mass is 9.97. The topological polar surface area (TPSA) is 49.5 Å². The van der Waals surface area contributed by atoms with Crippen molar-refractivity contribution in [2.45, 2.75) is 19.8 Å². The minimum Gasteiger partial charge on any atom is -0.396 e. The van der Waals surface area contributed by atoms with Crippen molar-refractivity contribution >= 4 is 22.9 Å². The van der Waals surface area contributed by atoms with Gasteiger partial charge in [0.15, 0.2) is 0 Å². The summed E-state index contributed by atoms with van der Waals surface area (Å²) in [6.07, 6.45) is 2.26. The lowest BCUT2D eigenvalue weighted by Crippen LogP contribution is -2.37. The Hall–Kier alpha value is -1.13. The second kappa shape index (κ2) is 5.67. The molecule has 1 atom stereocenters. The monoisotopic (exact) mass is 264 g/mol. The van der Waals surface area contributed by atoms with Crippen LogP contribution in [0.4, 0.5) is 5.69 Å². The minimum atomic E-state index is 0.278. The molecule has 4 heteroatoms. The van der Waals surface area contributed by atoms with Crippen molar-refractivity contribution < 1.29 is 5.11 Å². The Balaban J connectivity index is 2.20. The fourth-order valence-electron chi connectivity index (χ4n) is 2.60. The Morgan fingerprint density at radius 2 is 2.33 bits per heavy atom. The molecule has 1 aromatic rings. The van der Waals surface area contributed by atoms with E-state index >= 15 is 0 Å². The summed E-state index contributed by atoms with van der Waals surface area (Å²) in [5, 5.41) is 9.28. The second-order valence-electron chi connectivity index (χ2n) is 5.00. The minimum absolute atomic E-state index is 0.278. The molecule has 18 heavy (non-hydrogen) atoms. The highest BCUT2D eigenvalue weighted by Crippen LogP contribution is 2.26. The summed E-state index contributed by atoms with van der Waals surface area (Å²) in [4.78, 5) is 2.79. The van der Waals surface area contributed by atoms with Crippen LogP contribution in [0, 0.1) is 12.8 Å². The number of piperidine rings is 1. The number of anilines is 1. The average molecular weight is 264 g/mol. The summed E-state index contributed by atoms with van der Waals surface area (Å²) in [7, 11) is 0.